The zero-order valence-electron chi connectivity index (χ0n) is 14.2. The molecule has 0 saturated carbocycles. The van der Waals surface area contributed by atoms with Crippen molar-refractivity contribution < 1.29 is 4.79 Å². The minimum Gasteiger partial charge on any atom is -0.326 e. The van der Waals surface area contributed by atoms with Gasteiger partial charge in [0.15, 0.2) is 0 Å². The summed E-state index contributed by atoms with van der Waals surface area (Å²) in [5.74, 6) is -0.0563. The van der Waals surface area contributed by atoms with Gasteiger partial charge < -0.3 is 5.32 Å². The van der Waals surface area contributed by atoms with Gasteiger partial charge in [-0.05, 0) is 42.7 Å². The number of pyridine rings is 1. The monoisotopic (exact) mass is 351 g/mol. The van der Waals surface area contributed by atoms with Gasteiger partial charge in [0.05, 0.1) is 17.8 Å². The lowest BCUT2D eigenvalue weighted by molar-refractivity contribution is -0.115. The first-order valence-electron chi connectivity index (χ1n) is 8.49. The number of hydrogen-bond donors (Lipinski definition) is 1. The first-order valence-corrected chi connectivity index (χ1v) is 9.37. The Hall–Kier alpha value is -2.53. The fourth-order valence-electron chi connectivity index (χ4n) is 2.50. The van der Waals surface area contributed by atoms with Gasteiger partial charge >= 0.3 is 0 Å². The molecule has 2 aromatic heterocycles. The van der Waals surface area contributed by atoms with Crippen LogP contribution < -0.4 is 5.32 Å². The molecule has 5 heteroatoms. The summed E-state index contributed by atoms with van der Waals surface area (Å²) >= 11 is 1.51. The minimum absolute atomic E-state index is 0.0563. The number of nitrogens with one attached hydrogen (secondary N) is 1. The van der Waals surface area contributed by atoms with E-state index in [0.29, 0.717) is 0 Å². The molecule has 3 rings (SSSR count). The Kier molecular flexibility index (Phi) is 5.90. The third-order valence-electron chi connectivity index (χ3n) is 3.83. The van der Waals surface area contributed by atoms with Crippen LogP contribution in [0.4, 0.5) is 5.69 Å². The lowest BCUT2D eigenvalue weighted by atomic mass is 10.1. The standard InChI is InChI=1S/C20H21N3OS/c1-2-3-6-15-8-10-16(11-9-15)22-19(24)13-17-14-25-20(23-17)18-7-4-5-12-21-18/h4-5,7-12,14H,2-3,6,13H2,1H3,(H,22,24). The highest BCUT2D eigenvalue weighted by atomic mass is 32.1. The van der Waals surface area contributed by atoms with E-state index in [9.17, 15) is 4.79 Å². The molecule has 0 aliphatic rings. The highest BCUT2D eigenvalue weighted by molar-refractivity contribution is 7.13. The zero-order chi connectivity index (χ0) is 17.5. The van der Waals surface area contributed by atoms with Crippen LogP contribution in [0.2, 0.25) is 0 Å². The second-order valence-corrected chi connectivity index (χ2v) is 6.74. The molecular weight excluding hydrogens is 330 g/mol. The number of anilines is 1. The van der Waals surface area contributed by atoms with Crippen LogP contribution in [0.1, 0.15) is 31.0 Å². The number of aryl methyl sites for hydroxylation is 1. The number of hydrogen-bond acceptors (Lipinski definition) is 4. The Morgan fingerprint density at radius 3 is 2.72 bits per heavy atom. The van der Waals surface area contributed by atoms with E-state index in [0.717, 1.165) is 28.5 Å². The van der Waals surface area contributed by atoms with Crippen molar-refractivity contribution >= 4 is 22.9 Å². The number of unbranched alkanes of at least 4 members (excludes halogenated alkanes) is 1. The molecule has 0 aliphatic carbocycles. The van der Waals surface area contributed by atoms with Crippen molar-refractivity contribution in [2.45, 2.75) is 32.6 Å². The van der Waals surface area contributed by atoms with Gasteiger partial charge in [-0.25, -0.2) is 4.98 Å². The summed E-state index contributed by atoms with van der Waals surface area (Å²) in [6.07, 6.45) is 5.47. The fourth-order valence-corrected chi connectivity index (χ4v) is 3.30. The van der Waals surface area contributed by atoms with Crippen LogP contribution in [0.5, 0.6) is 0 Å². The predicted octanol–water partition coefficient (Wildman–Crippen LogP) is 4.73. The molecule has 0 unspecified atom stereocenters. The molecule has 0 atom stereocenters. The molecular formula is C20H21N3OS. The molecule has 0 saturated heterocycles. The number of carbonyl (C=O) groups excluding carboxylic acids is 1. The van der Waals surface area contributed by atoms with Crippen LogP contribution in [0.15, 0.2) is 54.0 Å². The quantitative estimate of drug-likeness (QED) is 0.669. The predicted molar refractivity (Wildman–Crippen MR) is 103 cm³/mol. The van der Waals surface area contributed by atoms with Gasteiger partial charge in [0.1, 0.15) is 5.01 Å². The van der Waals surface area contributed by atoms with E-state index in [1.54, 1.807) is 6.20 Å². The molecule has 0 fully saturated rings. The number of rotatable bonds is 7. The summed E-state index contributed by atoms with van der Waals surface area (Å²) in [5.41, 5.74) is 3.73. The molecule has 128 valence electrons. The Balaban J connectivity index is 1.57. The minimum atomic E-state index is -0.0563. The van der Waals surface area contributed by atoms with Gasteiger partial charge in [-0.3, -0.25) is 9.78 Å². The second kappa shape index (κ2) is 8.53. The molecule has 0 spiro atoms. The molecule has 25 heavy (non-hydrogen) atoms. The van der Waals surface area contributed by atoms with Crippen molar-refractivity contribution in [1.82, 2.24) is 9.97 Å². The van der Waals surface area contributed by atoms with Crippen molar-refractivity contribution in [3.8, 4) is 10.7 Å². The van der Waals surface area contributed by atoms with Crippen molar-refractivity contribution in [2.75, 3.05) is 5.32 Å². The van der Waals surface area contributed by atoms with Crippen molar-refractivity contribution in [2.24, 2.45) is 0 Å². The third kappa shape index (κ3) is 4.97. The van der Waals surface area contributed by atoms with Crippen molar-refractivity contribution in [3.05, 3.63) is 65.3 Å². The SMILES string of the molecule is CCCCc1ccc(NC(=O)Cc2csc(-c3ccccn3)n2)cc1. The first-order chi connectivity index (χ1) is 12.2. The maximum absolute atomic E-state index is 12.2. The number of thiazole rings is 1. The summed E-state index contributed by atoms with van der Waals surface area (Å²) < 4.78 is 0. The zero-order valence-corrected chi connectivity index (χ0v) is 15.1. The van der Waals surface area contributed by atoms with Gasteiger partial charge in [0, 0.05) is 17.3 Å². The van der Waals surface area contributed by atoms with Crippen LogP contribution in [-0.4, -0.2) is 15.9 Å². The van der Waals surface area contributed by atoms with E-state index in [-0.39, 0.29) is 12.3 Å². The molecule has 4 nitrogen and oxygen atoms in total. The fraction of sp³-hybridized carbons (Fsp3) is 0.250. The van der Waals surface area contributed by atoms with E-state index < -0.39 is 0 Å². The lowest BCUT2D eigenvalue weighted by Gasteiger charge is -2.06. The number of carbonyl (C=O) groups is 1. The molecule has 1 N–H and O–H groups in total. The Labute approximate surface area is 152 Å². The van der Waals surface area contributed by atoms with Gasteiger partial charge in [-0.1, -0.05) is 31.5 Å². The normalized spacial score (nSPS) is 10.6. The number of nitrogens with zero attached hydrogens (tertiary/aromatic N) is 2. The van der Waals surface area contributed by atoms with E-state index >= 15 is 0 Å². The van der Waals surface area contributed by atoms with E-state index in [1.165, 1.54) is 29.7 Å². The summed E-state index contributed by atoms with van der Waals surface area (Å²) in [6.45, 7) is 2.19. The summed E-state index contributed by atoms with van der Waals surface area (Å²) in [5, 5.41) is 5.68. The van der Waals surface area contributed by atoms with Gasteiger partial charge in [0.2, 0.25) is 5.91 Å². The molecule has 0 radical (unpaired) electrons. The molecule has 3 aromatic rings. The molecule has 0 bridgehead atoms. The number of benzene rings is 1. The molecule has 1 amide bonds. The lowest BCUT2D eigenvalue weighted by Crippen LogP contribution is -2.14. The Morgan fingerprint density at radius 2 is 2.00 bits per heavy atom. The van der Waals surface area contributed by atoms with Crippen LogP contribution in [0, 0.1) is 0 Å². The largest absolute Gasteiger partial charge is 0.326 e. The number of amides is 1. The van der Waals surface area contributed by atoms with Crippen molar-refractivity contribution in [3.63, 3.8) is 0 Å². The van der Waals surface area contributed by atoms with Crippen LogP contribution >= 0.6 is 11.3 Å². The first kappa shape index (κ1) is 17.3. The van der Waals surface area contributed by atoms with Gasteiger partial charge in [0.25, 0.3) is 0 Å². The summed E-state index contributed by atoms with van der Waals surface area (Å²) in [4.78, 5) is 21.0. The maximum atomic E-state index is 12.2. The maximum Gasteiger partial charge on any atom is 0.230 e. The topological polar surface area (TPSA) is 54.9 Å². The average molecular weight is 351 g/mol. The summed E-state index contributed by atoms with van der Waals surface area (Å²) in [7, 11) is 0. The van der Waals surface area contributed by atoms with E-state index in [2.05, 4.69) is 34.3 Å². The number of aromatic nitrogens is 2. The summed E-state index contributed by atoms with van der Waals surface area (Å²) in [6, 6.07) is 13.8. The van der Waals surface area contributed by atoms with E-state index in [1.807, 2.05) is 35.7 Å². The highest BCUT2D eigenvalue weighted by Crippen LogP contribution is 2.21. The third-order valence-corrected chi connectivity index (χ3v) is 4.75. The van der Waals surface area contributed by atoms with Crippen LogP contribution in [0.3, 0.4) is 0 Å². The highest BCUT2D eigenvalue weighted by Gasteiger charge is 2.10. The van der Waals surface area contributed by atoms with Crippen molar-refractivity contribution in [1.29, 1.82) is 0 Å². The molecule has 0 aliphatic heterocycles. The Bertz CT molecular complexity index is 812. The van der Waals surface area contributed by atoms with Crippen LogP contribution in [0.25, 0.3) is 10.7 Å². The van der Waals surface area contributed by atoms with Crippen LogP contribution in [-0.2, 0) is 17.6 Å². The van der Waals surface area contributed by atoms with Gasteiger partial charge in [-0.15, -0.1) is 11.3 Å². The molecule has 1 aromatic carbocycles. The average Bonchev–Trinajstić information content (AvgIpc) is 3.10. The van der Waals surface area contributed by atoms with Gasteiger partial charge in [-0.2, -0.15) is 0 Å². The Morgan fingerprint density at radius 1 is 1.16 bits per heavy atom. The molecule has 2 heterocycles. The second-order valence-electron chi connectivity index (χ2n) is 5.88. The van der Waals surface area contributed by atoms with E-state index in [4.69, 9.17) is 0 Å². The smallest absolute Gasteiger partial charge is 0.230 e.